The van der Waals surface area contributed by atoms with Gasteiger partial charge in [0.2, 0.25) is 0 Å². The summed E-state index contributed by atoms with van der Waals surface area (Å²) in [5.41, 5.74) is 0. The summed E-state index contributed by atoms with van der Waals surface area (Å²) in [6.45, 7) is -0.140. The number of hydrogen-bond donors (Lipinski definition) is 4. The van der Waals surface area contributed by atoms with Gasteiger partial charge in [0, 0.05) is 0 Å². The molecule has 0 aromatic heterocycles. The van der Waals surface area contributed by atoms with Crippen LogP contribution in [0.4, 0.5) is 0 Å². The zero-order valence-electron chi connectivity index (χ0n) is 7.51. The first-order chi connectivity index (χ1) is 6.44. The van der Waals surface area contributed by atoms with Crippen LogP contribution in [0.1, 0.15) is 0 Å². The molecule has 1 atom stereocenters. The van der Waals surface area contributed by atoms with Crippen LogP contribution < -0.4 is 5.32 Å². The maximum atomic E-state index is 10.5. The van der Waals surface area contributed by atoms with Gasteiger partial charge in [-0.05, 0) is 13.1 Å². The minimum absolute atomic E-state index is 0.140. The van der Waals surface area contributed by atoms with Crippen molar-refractivity contribution in [3.63, 3.8) is 0 Å². The van der Waals surface area contributed by atoms with E-state index in [0.29, 0.717) is 5.03 Å². The zero-order valence-corrected chi connectivity index (χ0v) is 9.29. The van der Waals surface area contributed by atoms with Crippen LogP contribution in [-0.4, -0.2) is 40.9 Å². The molecule has 78 valence electrons. The predicted octanol–water partition coefficient (Wildman–Crippen LogP) is -0.0109. The minimum Gasteiger partial charge on any atom is -0.480 e. The molecule has 0 saturated carbocycles. The fraction of sp³-hybridized carbons (Fsp3) is 0.429. The number of carboxylic acid groups (broad SMARTS) is 1. The Morgan fingerprint density at radius 2 is 2.50 bits per heavy atom. The molecule has 1 aliphatic rings. The quantitative estimate of drug-likeness (QED) is 0.409. The first-order valence-electron chi connectivity index (χ1n) is 3.81. The Morgan fingerprint density at radius 1 is 1.86 bits per heavy atom. The van der Waals surface area contributed by atoms with Crippen LogP contribution in [0.2, 0.25) is 0 Å². The van der Waals surface area contributed by atoms with Crippen molar-refractivity contribution in [2.45, 2.75) is 4.99 Å². The van der Waals surface area contributed by atoms with Crippen LogP contribution in [0, 0.1) is 0 Å². The third-order valence-electron chi connectivity index (χ3n) is 1.73. The first-order valence-corrected chi connectivity index (χ1v) is 4.71. The van der Waals surface area contributed by atoms with Crippen LogP contribution in [0.15, 0.2) is 16.1 Å². The van der Waals surface area contributed by atoms with E-state index in [9.17, 15) is 4.79 Å². The summed E-state index contributed by atoms with van der Waals surface area (Å²) in [6.07, 6.45) is 3.07. The van der Waals surface area contributed by atoms with E-state index in [1.165, 1.54) is 11.2 Å². The smallest absolute Gasteiger partial charge is 0.317 e. The number of carbonyl (C=O) groups is 1. The van der Waals surface area contributed by atoms with E-state index >= 15 is 0 Å². The number of nitrogens with one attached hydrogen (secondary N) is 1. The lowest BCUT2D eigenvalue weighted by molar-refractivity contribution is -0.138. The Hall–Kier alpha value is -0.660. The molecular weight excluding hydrogens is 222 g/mol. The predicted molar refractivity (Wildman–Crippen MR) is 60.7 cm³/mol. The van der Waals surface area contributed by atoms with Crippen molar-refractivity contribution in [3.8, 4) is 0 Å². The van der Waals surface area contributed by atoms with Gasteiger partial charge in [-0.25, -0.2) is 4.99 Å². The molecule has 0 amide bonds. The summed E-state index contributed by atoms with van der Waals surface area (Å²) in [5, 5.41) is 12.0. The van der Waals surface area contributed by atoms with Crippen molar-refractivity contribution < 1.29 is 9.90 Å². The van der Waals surface area contributed by atoms with Gasteiger partial charge in [0.1, 0.15) is 0 Å². The molecule has 1 aliphatic heterocycles. The summed E-state index contributed by atoms with van der Waals surface area (Å²) in [5.74, 6) is -0.927. The van der Waals surface area contributed by atoms with Crippen LogP contribution in [0.5, 0.6) is 0 Å². The molecule has 0 radical (unpaired) electrons. The molecule has 0 bridgehead atoms. The number of carboxylic acids is 1. The van der Waals surface area contributed by atoms with Gasteiger partial charge in [-0.3, -0.25) is 9.69 Å². The molecule has 0 aromatic rings. The summed E-state index contributed by atoms with van der Waals surface area (Å²) in [4.78, 5) is 15.1. The second-order valence-electron chi connectivity index (χ2n) is 2.87. The minimum atomic E-state index is -0.944. The highest BCUT2D eigenvalue weighted by Crippen LogP contribution is 2.25. The lowest BCUT2D eigenvalue weighted by Crippen LogP contribution is -2.44. The maximum Gasteiger partial charge on any atom is 0.317 e. The number of hydrogen-bond acceptors (Lipinski definition) is 6. The Labute approximate surface area is 92.7 Å². The lowest BCUT2D eigenvalue weighted by Gasteiger charge is -2.32. The van der Waals surface area contributed by atoms with E-state index in [1.807, 2.05) is 0 Å². The normalized spacial score (nSPS) is 25.9. The van der Waals surface area contributed by atoms with Crippen molar-refractivity contribution in [2.75, 3.05) is 13.6 Å². The Bertz CT molecular complexity index is 305. The number of likely N-dealkylation sites (N-methyl/N-ethyl adjacent to an activating group) is 1. The fourth-order valence-corrected chi connectivity index (χ4v) is 1.58. The van der Waals surface area contributed by atoms with Gasteiger partial charge in [0.05, 0.1) is 17.9 Å². The van der Waals surface area contributed by atoms with Crippen LogP contribution in [0.3, 0.4) is 0 Å². The van der Waals surface area contributed by atoms with Gasteiger partial charge in [-0.1, -0.05) is 0 Å². The number of rotatable bonds is 3. The molecule has 5 nitrogen and oxygen atoms in total. The van der Waals surface area contributed by atoms with Gasteiger partial charge in [-0.15, -0.1) is 25.3 Å². The number of thiol groups is 2. The molecule has 1 heterocycles. The molecule has 0 aliphatic carbocycles. The lowest BCUT2D eigenvalue weighted by atomic mass is 10.3. The number of aliphatic carboxylic acids is 1. The highest BCUT2D eigenvalue weighted by molar-refractivity contribution is 7.84. The molecule has 0 saturated heterocycles. The third-order valence-corrected chi connectivity index (χ3v) is 2.58. The monoisotopic (exact) mass is 233 g/mol. The van der Waals surface area contributed by atoms with Crippen molar-refractivity contribution >= 4 is 37.6 Å². The molecular formula is C7H11N3O2S2. The topological polar surface area (TPSA) is 64.9 Å². The Kier molecular flexibility index (Phi) is 3.46. The average molecular weight is 233 g/mol. The van der Waals surface area contributed by atoms with Gasteiger partial charge in [-0.2, -0.15) is 0 Å². The van der Waals surface area contributed by atoms with Crippen molar-refractivity contribution in [3.05, 3.63) is 11.1 Å². The second kappa shape index (κ2) is 4.24. The third kappa shape index (κ3) is 2.66. The highest BCUT2D eigenvalue weighted by Gasteiger charge is 2.30. The van der Waals surface area contributed by atoms with E-state index in [4.69, 9.17) is 5.11 Å². The molecule has 7 heteroatoms. The second-order valence-corrected chi connectivity index (χ2v) is 4.01. The summed E-state index contributed by atoms with van der Waals surface area (Å²) in [7, 11) is 1.63. The summed E-state index contributed by atoms with van der Waals surface area (Å²) < 4.78 is 0. The van der Waals surface area contributed by atoms with Crippen LogP contribution in [-0.2, 0) is 4.79 Å². The molecule has 0 spiro atoms. The molecule has 0 aromatic carbocycles. The van der Waals surface area contributed by atoms with E-state index in [0.717, 1.165) is 0 Å². The van der Waals surface area contributed by atoms with E-state index in [1.54, 1.807) is 13.1 Å². The maximum absolute atomic E-state index is 10.5. The molecule has 0 fully saturated rings. The highest BCUT2D eigenvalue weighted by atomic mass is 32.1. The molecule has 1 rings (SSSR count). The molecule has 1 unspecified atom stereocenters. The Balaban J connectivity index is 2.78. The van der Waals surface area contributed by atoms with Gasteiger partial charge in [0.15, 0.2) is 4.99 Å². The van der Waals surface area contributed by atoms with Crippen LogP contribution in [0.25, 0.3) is 0 Å². The number of nitrogens with zero attached hydrogens (tertiary/aromatic N) is 2. The Morgan fingerprint density at radius 3 is 3.00 bits per heavy atom. The van der Waals surface area contributed by atoms with E-state index in [2.05, 4.69) is 35.6 Å². The van der Waals surface area contributed by atoms with E-state index in [-0.39, 0.29) is 6.54 Å². The van der Waals surface area contributed by atoms with Crippen molar-refractivity contribution in [1.82, 2.24) is 10.2 Å². The van der Waals surface area contributed by atoms with Gasteiger partial charge >= 0.3 is 5.97 Å². The SMILES string of the molecule is CN(CC(=O)O)C1(S)C=C(S)NC=N1. The summed E-state index contributed by atoms with van der Waals surface area (Å²) >= 11 is 8.37. The molecule has 2 N–H and O–H groups in total. The number of aliphatic imine (C=N–C) groups is 1. The first kappa shape index (κ1) is 11.4. The zero-order chi connectivity index (χ0) is 10.8. The summed E-state index contributed by atoms with van der Waals surface area (Å²) in [6, 6.07) is 0. The van der Waals surface area contributed by atoms with Crippen LogP contribution >= 0.6 is 25.3 Å². The average Bonchev–Trinajstić information content (AvgIpc) is 2.02. The largest absolute Gasteiger partial charge is 0.480 e. The van der Waals surface area contributed by atoms with Crippen molar-refractivity contribution in [1.29, 1.82) is 0 Å². The van der Waals surface area contributed by atoms with E-state index < -0.39 is 11.0 Å². The molecule has 14 heavy (non-hydrogen) atoms. The van der Waals surface area contributed by atoms with Crippen molar-refractivity contribution in [2.24, 2.45) is 4.99 Å². The van der Waals surface area contributed by atoms with Gasteiger partial charge < -0.3 is 10.4 Å². The standard InChI is InChI=1S/C7H11N3O2S2/c1-10(3-6(11)12)7(14)2-5(13)8-4-9-7/h2,4,13-14H,3H2,1H3,(H,8,9)(H,11,12). The fourth-order valence-electron chi connectivity index (χ4n) is 0.984. The van der Waals surface area contributed by atoms with Gasteiger partial charge in [0.25, 0.3) is 0 Å².